The molecule has 7 heteroatoms. The highest BCUT2D eigenvalue weighted by Gasteiger charge is 2.28. The highest BCUT2D eigenvalue weighted by Crippen LogP contribution is 2.45. The molecule has 0 unspecified atom stereocenters. The molecule has 7 aromatic rings. The minimum absolute atomic E-state index is 0.259. The zero-order valence-electron chi connectivity index (χ0n) is 20.2. The zero-order valence-corrected chi connectivity index (χ0v) is 24.2. The lowest BCUT2D eigenvalue weighted by Gasteiger charge is -2.11. The second-order valence-electron chi connectivity index (χ2n) is 9.38. The standard InChI is InChI=1S/C31H20Br2N2O2S/c1-19-11-13-21(14-12-19)38(36,37)35-26-10-6-5-9-22(26)23-15-18-27-29(30(23)35)28-24(32)16-17-25(33)31(28)34(27)20-7-3-2-4-8-20/h2-18H,1H3. The molecule has 0 fully saturated rings. The first-order valence-electron chi connectivity index (χ1n) is 12.1. The Kier molecular flexibility index (Phi) is 5.34. The van der Waals surface area contributed by atoms with E-state index in [1.807, 2.05) is 79.7 Å². The number of halogens is 2. The monoisotopic (exact) mass is 642 g/mol. The van der Waals surface area contributed by atoms with Gasteiger partial charge in [0.25, 0.3) is 10.0 Å². The molecule has 0 saturated heterocycles. The SMILES string of the molecule is Cc1ccc(S(=O)(=O)n2c3ccccc3c3ccc4c(c5c(Br)ccc(Br)c5n4-c4ccccc4)c32)cc1. The summed E-state index contributed by atoms with van der Waals surface area (Å²) in [5, 5.41) is 3.61. The molecule has 2 aromatic heterocycles. The number of nitrogens with zero attached hydrogens (tertiary/aromatic N) is 2. The van der Waals surface area contributed by atoms with Crippen molar-refractivity contribution in [2.75, 3.05) is 0 Å². The number of aromatic nitrogens is 2. The van der Waals surface area contributed by atoms with Gasteiger partial charge in [0.15, 0.2) is 0 Å². The lowest BCUT2D eigenvalue weighted by atomic mass is 10.1. The van der Waals surface area contributed by atoms with Gasteiger partial charge >= 0.3 is 0 Å². The van der Waals surface area contributed by atoms with Gasteiger partial charge in [0.05, 0.1) is 27.0 Å². The third-order valence-electron chi connectivity index (χ3n) is 7.14. The van der Waals surface area contributed by atoms with E-state index in [4.69, 9.17) is 0 Å². The molecule has 0 radical (unpaired) electrons. The van der Waals surface area contributed by atoms with Gasteiger partial charge in [-0.1, -0.05) is 76.1 Å². The van der Waals surface area contributed by atoms with Crippen LogP contribution in [0.5, 0.6) is 0 Å². The molecule has 0 aliphatic rings. The molecule has 5 aromatic carbocycles. The minimum Gasteiger partial charge on any atom is -0.308 e. The van der Waals surface area contributed by atoms with Crippen LogP contribution in [0.15, 0.2) is 117 Å². The van der Waals surface area contributed by atoms with Crippen molar-refractivity contribution in [2.45, 2.75) is 11.8 Å². The van der Waals surface area contributed by atoms with Gasteiger partial charge in [0.2, 0.25) is 0 Å². The predicted molar refractivity (Wildman–Crippen MR) is 163 cm³/mol. The molecule has 0 aliphatic heterocycles. The Labute approximate surface area is 236 Å². The Morgan fingerprint density at radius 2 is 1.29 bits per heavy atom. The van der Waals surface area contributed by atoms with Gasteiger partial charge in [-0.15, -0.1) is 0 Å². The Balaban J connectivity index is 1.77. The lowest BCUT2D eigenvalue weighted by molar-refractivity contribution is 0.590. The number of para-hydroxylation sites is 2. The Morgan fingerprint density at radius 3 is 2.05 bits per heavy atom. The molecule has 186 valence electrons. The number of hydrogen-bond donors (Lipinski definition) is 0. The topological polar surface area (TPSA) is 44.0 Å². The summed E-state index contributed by atoms with van der Waals surface area (Å²) in [5.41, 5.74) is 5.22. The maximum absolute atomic E-state index is 14.4. The first kappa shape index (κ1) is 23.7. The van der Waals surface area contributed by atoms with Gasteiger partial charge < -0.3 is 4.57 Å². The molecule has 0 amide bonds. The first-order valence-corrected chi connectivity index (χ1v) is 15.1. The molecule has 0 spiro atoms. The van der Waals surface area contributed by atoms with E-state index in [1.165, 1.54) is 3.97 Å². The van der Waals surface area contributed by atoms with Crippen molar-refractivity contribution in [2.24, 2.45) is 0 Å². The van der Waals surface area contributed by atoms with Crippen molar-refractivity contribution < 1.29 is 8.42 Å². The van der Waals surface area contributed by atoms with Crippen LogP contribution in [0.4, 0.5) is 0 Å². The van der Waals surface area contributed by atoms with Crippen molar-refractivity contribution in [3.63, 3.8) is 0 Å². The van der Waals surface area contributed by atoms with Gasteiger partial charge in [-0.3, -0.25) is 0 Å². The van der Waals surface area contributed by atoms with Crippen LogP contribution in [0.3, 0.4) is 0 Å². The molecular weight excluding hydrogens is 624 g/mol. The summed E-state index contributed by atoms with van der Waals surface area (Å²) in [6.07, 6.45) is 0. The van der Waals surface area contributed by atoms with Crippen molar-refractivity contribution in [3.8, 4) is 5.69 Å². The minimum atomic E-state index is -3.92. The molecule has 38 heavy (non-hydrogen) atoms. The summed E-state index contributed by atoms with van der Waals surface area (Å²) in [4.78, 5) is 0.259. The van der Waals surface area contributed by atoms with Crippen LogP contribution in [0.25, 0.3) is 49.3 Å². The molecule has 0 aliphatic carbocycles. The summed E-state index contributed by atoms with van der Waals surface area (Å²) < 4.78 is 34.3. The fourth-order valence-corrected chi connectivity index (χ4v) is 8.03. The van der Waals surface area contributed by atoms with Crippen molar-refractivity contribution in [1.82, 2.24) is 8.54 Å². The van der Waals surface area contributed by atoms with Gasteiger partial charge in [0.1, 0.15) is 0 Å². The Morgan fingerprint density at radius 1 is 0.605 bits per heavy atom. The largest absolute Gasteiger partial charge is 0.308 e. The van der Waals surface area contributed by atoms with Gasteiger partial charge in [0, 0.05) is 36.2 Å². The maximum Gasteiger partial charge on any atom is 0.268 e. The normalized spacial score (nSPS) is 12.3. The Bertz CT molecular complexity index is 2160. The van der Waals surface area contributed by atoms with Crippen LogP contribution in [-0.4, -0.2) is 17.0 Å². The molecule has 4 nitrogen and oxygen atoms in total. The van der Waals surface area contributed by atoms with E-state index in [0.29, 0.717) is 11.0 Å². The number of hydrogen-bond acceptors (Lipinski definition) is 2. The van der Waals surface area contributed by atoms with E-state index in [-0.39, 0.29) is 4.90 Å². The summed E-state index contributed by atoms with van der Waals surface area (Å²) >= 11 is 7.59. The third kappa shape index (κ3) is 3.28. The predicted octanol–water partition coefficient (Wildman–Crippen LogP) is 8.96. The van der Waals surface area contributed by atoms with Gasteiger partial charge in [-0.2, -0.15) is 0 Å². The van der Waals surface area contributed by atoms with Crippen LogP contribution in [0, 0.1) is 6.92 Å². The molecule has 0 saturated carbocycles. The van der Waals surface area contributed by atoms with E-state index in [0.717, 1.165) is 52.8 Å². The molecule has 0 bridgehead atoms. The number of fused-ring (bicyclic) bond motifs is 7. The molecule has 0 N–H and O–H groups in total. The summed E-state index contributed by atoms with van der Waals surface area (Å²) in [7, 11) is -3.92. The van der Waals surface area contributed by atoms with Crippen LogP contribution >= 0.6 is 31.9 Å². The zero-order chi connectivity index (χ0) is 26.2. The molecule has 7 rings (SSSR count). The molecule has 0 atom stereocenters. The lowest BCUT2D eigenvalue weighted by Crippen LogP contribution is -2.13. The second kappa shape index (κ2) is 8.56. The average Bonchev–Trinajstić information content (AvgIpc) is 3.46. The van der Waals surface area contributed by atoms with E-state index in [9.17, 15) is 8.42 Å². The van der Waals surface area contributed by atoms with Crippen molar-refractivity contribution in [1.29, 1.82) is 0 Å². The number of aryl methyl sites for hydroxylation is 1. The van der Waals surface area contributed by atoms with Crippen molar-refractivity contribution >= 4 is 85.5 Å². The smallest absolute Gasteiger partial charge is 0.268 e. The third-order valence-corrected chi connectivity index (χ3v) is 10.2. The fourth-order valence-electron chi connectivity index (χ4n) is 5.47. The summed E-state index contributed by atoms with van der Waals surface area (Å²) in [6, 6.07) is 33.1. The highest BCUT2D eigenvalue weighted by molar-refractivity contribution is 9.11. The van der Waals surface area contributed by atoms with E-state index in [1.54, 1.807) is 12.1 Å². The van der Waals surface area contributed by atoms with Crippen molar-refractivity contribution in [3.05, 3.63) is 118 Å². The first-order chi connectivity index (χ1) is 18.4. The van der Waals surface area contributed by atoms with Crippen LogP contribution in [0.1, 0.15) is 5.56 Å². The van der Waals surface area contributed by atoms with Gasteiger partial charge in [-0.25, -0.2) is 12.4 Å². The number of benzene rings is 5. The summed E-state index contributed by atoms with van der Waals surface area (Å²) in [5.74, 6) is 0. The maximum atomic E-state index is 14.4. The van der Waals surface area contributed by atoms with E-state index < -0.39 is 10.0 Å². The van der Waals surface area contributed by atoms with E-state index >= 15 is 0 Å². The molecular formula is C31H20Br2N2O2S. The Hall–Kier alpha value is -3.39. The fraction of sp³-hybridized carbons (Fsp3) is 0.0323. The quantitative estimate of drug-likeness (QED) is 0.193. The second-order valence-corrected chi connectivity index (χ2v) is 12.9. The van der Waals surface area contributed by atoms with Crippen LogP contribution in [-0.2, 0) is 10.0 Å². The summed E-state index contributed by atoms with van der Waals surface area (Å²) in [6.45, 7) is 1.95. The van der Waals surface area contributed by atoms with Crippen LogP contribution in [0.2, 0.25) is 0 Å². The number of rotatable bonds is 3. The van der Waals surface area contributed by atoms with Gasteiger partial charge in [-0.05, 0) is 71.4 Å². The van der Waals surface area contributed by atoms with E-state index in [2.05, 4.69) is 54.6 Å². The average molecular weight is 644 g/mol. The molecule has 2 heterocycles. The van der Waals surface area contributed by atoms with Crippen LogP contribution < -0.4 is 0 Å². The highest BCUT2D eigenvalue weighted by atomic mass is 79.9.